The van der Waals surface area contributed by atoms with E-state index in [-0.39, 0.29) is 38.0 Å². The molecule has 6 nitrogen and oxygen atoms in total. The second kappa shape index (κ2) is 61.1. The number of allylic oxidation sites excluding steroid dienone is 30. The molecule has 0 bridgehead atoms. The highest BCUT2D eigenvalue weighted by molar-refractivity contribution is 5.71. The Kier molecular flexibility index (Phi) is 56.6. The van der Waals surface area contributed by atoms with E-state index in [4.69, 9.17) is 14.2 Å². The molecule has 1 unspecified atom stereocenters. The third kappa shape index (κ3) is 59.3. The summed E-state index contributed by atoms with van der Waals surface area (Å²) in [5.74, 6) is -1.12. The first kappa shape index (κ1) is 69.5. The number of unbranched alkanes of at least 4 members (excludes halogenated alkanes) is 9. The van der Waals surface area contributed by atoms with E-state index in [1.165, 1.54) is 25.7 Å². The summed E-state index contributed by atoms with van der Waals surface area (Å²) in [5, 5.41) is 0. The molecule has 75 heavy (non-hydrogen) atoms. The Bertz CT molecular complexity index is 1800. The summed E-state index contributed by atoms with van der Waals surface area (Å²) in [7, 11) is 0. The predicted molar refractivity (Wildman–Crippen MR) is 324 cm³/mol. The van der Waals surface area contributed by atoms with Gasteiger partial charge in [0.05, 0.1) is 0 Å². The monoisotopic (exact) mass is 1030 g/mol. The molecule has 0 fully saturated rings. The van der Waals surface area contributed by atoms with Crippen LogP contribution >= 0.6 is 0 Å². The number of esters is 3. The van der Waals surface area contributed by atoms with Crippen molar-refractivity contribution in [3.63, 3.8) is 0 Å². The molecule has 0 N–H and O–H groups in total. The zero-order chi connectivity index (χ0) is 54.3. The lowest BCUT2D eigenvalue weighted by Crippen LogP contribution is -2.30. The zero-order valence-corrected chi connectivity index (χ0v) is 47.5. The third-order valence-electron chi connectivity index (χ3n) is 11.4. The maximum Gasteiger partial charge on any atom is 0.306 e. The number of rotatable bonds is 50. The van der Waals surface area contributed by atoms with E-state index >= 15 is 0 Å². The molecule has 0 rings (SSSR count). The molecular formula is C69H104O6. The first-order chi connectivity index (χ1) is 37.0. The fraction of sp³-hybridized carbons (Fsp3) is 0.522. The lowest BCUT2D eigenvalue weighted by molar-refractivity contribution is -0.166. The summed E-state index contributed by atoms with van der Waals surface area (Å²) >= 11 is 0. The van der Waals surface area contributed by atoms with E-state index in [1.807, 2.05) is 12.2 Å². The van der Waals surface area contributed by atoms with Gasteiger partial charge in [-0.1, -0.05) is 235 Å². The van der Waals surface area contributed by atoms with Crippen molar-refractivity contribution in [2.45, 2.75) is 219 Å². The van der Waals surface area contributed by atoms with Gasteiger partial charge in [0.15, 0.2) is 6.10 Å². The Morgan fingerprint density at radius 2 is 0.560 bits per heavy atom. The molecule has 0 aliphatic carbocycles. The van der Waals surface area contributed by atoms with Gasteiger partial charge < -0.3 is 14.2 Å². The van der Waals surface area contributed by atoms with E-state index in [2.05, 4.69) is 191 Å². The molecule has 6 heteroatoms. The molecule has 0 aromatic carbocycles. The Hall–Kier alpha value is -5.49. The molecule has 0 aromatic rings. The van der Waals surface area contributed by atoms with Gasteiger partial charge in [-0.25, -0.2) is 0 Å². The van der Waals surface area contributed by atoms with Crippen molar-refractivity contribution in [3.8, 4) is 0 Å². The highest BCUT2D eigenvalue weighted by Crippen LogP contribution is 2.11. The Labute approximate surface area is 459 Å². The van der Waals surface area contributed by atoms with Crippen LogP contribution in [0.5, 0.6) is 0 Å². The average Bonchev–Trinajstić information content (AvgIpc) is 3.41. The number of carbonyl (C=O) groups is 3. The molecule has 0 saturated heterocycles. The van der Waals surface area contributed by atoms with Gasteiger partial charge in [-0.05, 0) is 141 Å². The molecule has 0 aromatic heterocycles. The number of ether oxygens (including phenoxy) is 3. The molecule has 0 aliphatic heterocycles. The van der Waals surface area contributed by atoms with Crippen LogP contribution in [0.25, 0.3) is 0 Å². The van der Waals surface area contributed by atoms with Gasteiger partial charge in [0.25, 0.3) is 0 Å². The maximum absolute atomic E-state index is 12.8. The fourth-order valence-electron chi connectivity index (χ4n) is 7.07. The van der Waals surface area contributed by atoms with Crippen molar-refractivity contribution >= 4 is 17.9 Å². The number of carbonyl (C=O) groups excluding carboxylic acids is 3. The van der Waals surface area contributed by atoms with Gasteiger partial charge in [0.2, 0.25) is 0 Å². The minimum Gasteiger partial charge on any atom is -0.462 e. The van der Waals surface area contributed by atoms with Crippen molar-refractivity contribution in [2.75, 3.05) is 13.2 Å². The van der Waals surface area contributed by atoms with Crippen LogP contribution in [0.1, 0.15) is 213 Å². The minimum atomic E-state index is -0.860. The topological polar surface area (TPSA) is 78.9 Å². The lowest BCUT2D eigenvalue weighted by Gasteiger charge is -2.18. The van der Waals surface area contributed by atoms with Crippen molar-refractivity contribution in [2.24, 2.45) is 0 Å². The third-order valence-corrected chi connectivity index (χ3v) is 11.4. The van der Waals surface area contributed by atoms with Gasteiger partial charge in [-0.15, -0.1) is 0 Å². The van der Waals surface area contributed by atoms with E-state index in [0.717, 1.165) is 135 Å². The Morgan fingerprint density at radius 1 is 0.280 bits per heavy atom. The van der Waals surface area contributed by atoms with Crippen LogP contribution in [0, 0.1) is 0 Å². The summed E-state index contributed by atoms with van der Waals surface area (Å²) in [5.41, 5.74) is 0. The molecule has 1 atom stereocenters. The molecule has 0 saturated carbocycles. The van der Waals surface area contributed by atoms with Crippen molar-refractivity contribution in [1.29, 1.82) is 0 Å². The lowest BCUT2D eigenvalue weighted by atomic mass is 10.1. The van der Waals surface area contributed by atoms with Crippen LogP contribution in [-0.2, 0) is 28.6 Å². The molecular weight excluding hydrogens is 925 g/mol. The largest absolute Gasteiger partial charge is 0.462 e. The van der Waals surface area contributed by atoms with Crippen LogP contribution in [0.2, 0.25) is 0 Å². The second-order valence-electron chi connectivity index (χ2n) is 18.4. The molecule has 0 radical (unpaired) electrons. The maximum atomic E-state index is 12.8. The highest BCUT2D eigenvalue weighted by atomic mass is 16.6. The van der Waals surface area contributed by atoms with Crippen molar-refractivity contribution < 1.29 is 28.6 Å². The van der Waals surface area contributed by atoms with Crippen LogP contribution in [-0.4, -0.2) is 37.2 Å². The SMILES string of the molecule is CC/C=C\C/C=C\C/C=C\C/C=C\C/C=C\C/C=C\C/C=C\CCCC(=O)OCC(COC(=O)CCCCCCC/C=C\C/C=C\CCCCC)OC(=O)CC/C=C\C/C=C\C/C=C\C/C=C\C/C=C\C/C=C\CC. The normalized spacial score (nSPS) is 13.5. The van der Waals surface area contributed by atoms with Crippen LogP contribution < -0.4 is 0 Å². The molecule has 416 valence electrons. The van der Waals surface area contributed by atoms with Crippen molar-refractivity contribution in [3.05, 3.63) is 182 Å². The first-order valence-electron chi connectivity index (χ1n) is 29.3. The standard InChI is InChI=1S/C69H104O6/c1-4-7-10-13-16-19-22-25-28-30-32-33-34-35-37-38-41-44-47-50-53-56-59-62-68(71)74-65-66(64-73-67(70)61-58-55-52-49-46-43-40-27-24-21-18-15-12-9-6-3)75-69(72)63-60-57-54-51-48-45-42-39-36-31-29-26-23-20-17-14-11-8-5-2/h7-8,10-11,16-21,25-29,32-33,35-37,39-41,44-45,48,50,53-54,57,66H,4-6,9,12-15,22-24,30-31,34,38,42-43,46-47,49,51-52,55-56,58-65H2,1-3H3/b10-7-,11-8-,19-16-,20-17-,21-18-,28-25-,29-26-,33-32-,37-35-,39-36-,40-27-,44-41-,48-45-,53-50-,57-54-. The quantitative estimate of drug-likeness (QED) is 0.0261. The zero-order valence-electron chi connectivity index (χ0n) is 47.5. The smallest absolute Gasteiger partial charge is 0.306 e. The van der Waals surface area contributed by atoms with Gasteiger partial charge in [-0.2, -0.15) is 0 Å². The number of hydrogen-bond donors (Lipinski definition) is 0. The molecule has 0 spiro atoms. The average molecular weight is 1030 g/mol. The van der Waals surface area contributed by atoms with Gasteiger partial charge in [-0.3, -0.25) is 14.4 Å². The summed E-state index contributed by atoms with van der Waals surface area (Å²) in [6.45, 7) is 6.24. The predicted octanol–water partition coefficient (Wildman–Crippen LogP) is 20.1. The molecule has 0 heterocycles. The van der Waals surface area contributed by atoms with Gasteiger partial charge >= 0.3 is 17.9 Å². The van der Waals surface area contributed by atoms with Crippen LogP contribution in [0.3, 0.4) is 0 Å². The van der Waals surface area contributed by atoms with Crippen molar-refractivity contribution in [1.82, 2.24) is 0 Å². The fourth-order valence-corrected chi connectivity index (χ4v) is 7.07. The van der Waals surface area contributed by atoms with Gasteiger partial charge in [0, 0.05) is 19.3 Å². The summed E-state index contributed by atoms with van der Waals surface area (Å²) in [6.07, 6.45) is 91.8. The first-order valence-corrected chi connectivity index (χ1v) is 29.3. The van der Waals surface area contributed by atoms with Crippen LogP contribution in [0.15, 0.2) is 182 Å². The summed E-state index contributed by atoms with van der Waals surface area (Å²) < 4.78 is 16.7. The van der Waals surface area contributed by atoms with Crippen LogP contribution in [0.4, 0.5) is 0 Å². The molecule has 0 aliphatic rings. The van der Waals surface area contributed by atoms with E-state index in [1.54, 1.807) is 0 Å². The van der Waals surface area contributed by atoms with E-state index in [0.29, 0.717) is 19.3 Å². The van der Waals surface area contributed by atoms with E-state index < -0.39 is 12.1 Å². The molecule has 0 amide bonds. The minimum absolute atomic E-state index is 0.143. The summed E-state index contributed by atoms with van der Waals surface area (Å²) in [4.78, 5) is 38.2. The van der Waals surface area contributed by atoms with E-state index in [9.17, 15) is 14.4 Å². The number of hydrogen-bond acceptors (Lipinski definition) is 6. The Morgan fingerprint density at radius 3 is 0.920 bits per heavy atom. The van der Waals surface area contributed by atoms with Gasteiger partial charge in [0.1, 0.15) is 13.2 Å². The summed E-state index contributed by atoms with van der Waals surface area (Å²) in [6, 6.07) is 0. The highest BCUT2D eigenvalue weighted by Gasteiger charge is 2.19. The Balaban J connectivity index is 4.65. The second-order valence-corrected chi connectivity index (χ2v) is 18.4.